The molecule has 176 valence electrons. The number of nitrogens with zero attached hydrogens (tertiary/aromatic N) is 3. The Bertz CT molecular complexity index is 1090. The van der Waals surface area contributed by atoms with Crippen LogP contribution in [0, 0.1) is 0 Å². The Hall–Kier alpha value is -2.43. The number of thioether (sulfide) groups is 1. The molecule has 1 unspecified atom stereocenters. The van der Waals surface area contributed by atoms with Gasteiger partial charge >= 0.3 is 5.97 Å². The molecular formula is C22H25ClN3O6S+. The van der Waals surface area contributed by atoms with Crippen LogP contribution in [0.25, 0.3) is 0 Å². The SMILES string of the molecule is O=C(O)C1=C(C[N+]23CCC[C@H]2CN(C(=O)c2ccc(O)c(O)c2Cl)CC3)CS[C@@H]2CC(=O)N12. The fraction of sp³-hybridized carbons (Fsp3) is 0.500. The molecule has 3 N–H and O–H groups in total. The monoisotopic (exact) mass is 494 g/mol. The van der Waals surface area contributed by atoms with Crippen molar-refractivity contribution in [2.75, 3.05) is 38.5 Å². The van der Waals surface area contributed by atoms with Gasteiger partial charge in [0.2, 0.25) is 5.91 Å². The summed E-state index contributed by atoms with van der Waals surface area (Å²) in [6.45, 7) is 3.13. The van der Waals surface area contributed by atoms with Gasteiger partial charge in [-0.25, -0.2) is 4.79 Å². The Morgan fingerprint density at radius 3 is 2.76 bits per heavy atom. The lowest BCUT2D eigenvalue weighted by Crippen LogP contribution is -2.65. The maximum absolute atomic E-state index is 13.1. The first kappa shape index (κ1) is 22.4. The summed E-state index contributed by atoms with van der Waals surface area (Å²) in [5, 5.41) is 29.1. The summed E-state index contributed by atoms with van der Waals surface area (Å²) in [5.41, 5.74) is 1.10. The quantitative estimate of drug-likeness (QED) is 0.332. The van der Waals surface area contributed by atoms with E-state index in [0.29, 0.717) is 38.4 Å². The van der Waals surface area contributed by atoms with Crippen molar-refractivity contribution in [1.29, 1.82) is 0 Å². The number of phenolic OH excluding ortho intramolecular Hbond substituents is 2. The Balaban J connectivity index is 1.38. The Morgan fingerprint density at radius 1 is 1.24 bits per heavy atom. The number of aliphatic carboxylic acids is 1. The number of piperazine rings is 1. The van der Waals surface area contributed by atoms with Gasteiger partial charge in [-0.3, -0.25) is 14.5 Å². The van der Waals surface area contributed by atoms with Crippen LogP contribution >= 0.6 is 23.4 Å². The number of quaternary nitrogens is 1. The molecule has 4 aliphatic heterocycles. The molecule has 0 aromatic heterocycles. The van der Waals surface area contributed by atoms with Gasteiger partial charge in [-0.2, -0.15) is 0 Å². The zero-order chi connectivity index (χ0) is 23.5. The molecule has 3 atom stereocenters. The number of carboxylic acid groups (broad SMARTS) is 1. The van der Waals surface area contributed by atoms with Crippen LogP contribution in [0.4, 0.5) is 0 Å². The standard InChI is InChI=1S/C22H24ClN3O6S/c23-18-14(3-4-15(27)20(18)29)21(30)24-5-7-26(6-1-2-13(26)9-24)10-12-11-33-17-8-16(28)25(17)19(12)22(31)32/h3-4,13,17H,1-2,5-11H2,(H2-,27,29,30,31,32)/p+1/t13-,17+,26?/m0/s1. The second-order valence-electron chi connectivity index (χ2n) is 9.16. The maximum Gasteiger partial charge on any atom is 0.352 e. The van der Waals surface area contributed by atoms with E-state index in [2.05, 4.69) is 0 Å². The highest BCUT2D eigenvalue weighted by Gasteiger charge is 2.51. The first-order valence-electron chi connectivity index (χ1n) is 11.0. The van der Waals surface area contributed by atoms with E-state index in [1.807, 2.05) is 0 Å². The van der Waals surface area contributed by atoms with Gasteiger partial charge in [0.1, 0.15) is 18.3 Å². The van der Waals surface area contributed by atoms with Crippen molar-refractivity contribution >= 4 is 41.1 Å². The number of hydrogen-bond acceptors (Lipinski definition) is 6. The summed E-state index contributed by atoms with van der Waals surface area (Å²) < 4.78 is 0.720. The molecule has 3 saturated heterocycles. The van der Waals surface area contributed by atoms with E-state index in [0.717, 1.165) is 29.4 Å². The second kappa shape index (κ2) is 8.11. The molecule has 0 spiro atoms. The zero-order valence-electron chi connectivity index (χ0n) is 17.9. The van der Waals surface area contributed by atoms with Gasteiger partial charge in [0, 0.05) is 24.2 Å². The molecule has 0 saturated carbocycles. The summed E-state index contributed by atoms with van der Waals surface area (Å²) in [7, 11) is 0. The first-order chi connectivity index (χ1) is 15.7. The molecule has 2 amide bonds. The van der Waals surface area contributed by atoms with E-state index in [1.54, 1.807) is 16.7 Å². The fourth-order valence-electron chi connectivity index (χ4n) is 5.66. The lowest BCUT2D eigenvalue weighted by atomic mass is 10.0. The number of carboxylic acids is 1. The van der Waals surface area contributed by atoms with E-state index in [-0.39, 0.29) is 45.3 Å². The van der Waals surface area contributed by atoms with Gasteiger partial charge < -0.3 is 24.7 Å². The maximum atomic E-state index is 13.1. The number of amides is 2. The number of aromatic hydroxyl groups is 2. The molecule has 0 aliphatic carbocycles. The molecule has 11 heteroatoms. The summed E-state index contributed by atoms with van der Waals surface area (Å²) in [5.74, 6) is -1.76. The number of fused-ring (bicyclic) bond motifs is 2. The van der Waals surface area contributed by atoms with Gasteiger partial charge in [0.05, 0.1) is 48.6 Å². The minimum atomic E-state index is -1.05. The number of carbonyl (C=O) groups is 3. The summed E-state index contributed by atoms with van der Waals surface area (Å²) in [6.07, 6.45) is 2.30. The van der Waals surface area contributed by atoms with Crippen molar-refractivity contribution in [3.05, 3.63) is 34.0 Å². The molecule has 1 aromatic carbocycles. The van der Waals surface area contributed by atoms with Crippen molar-refractivity contribution in [2.24, 2.45) is 0 Å². The average molecular weight is 495 g/mol. The van der Waals surface area contributed by atoms with Crippen LogP contribution in [0.2, 0.25) is 5.02 Å². The molecule has 9 nitrogen and oxygen atoms in total. The number of phenols is 2. The first-order valence-corrected chi connectivity index (χ1v) is 12.4. The summed E-state index contributed by atoms with van der Waals surface area (Å²) >= 11 is 7.73. The van der Waals surface area contributed by atoms with Crippen LogP contribution in [0.5, 0.6) is 11.5 Å². The highest BCUT2D eigenvalue weighted by atomic mass is 35.5. The predicted octanol–water partition coefficient (Wildman–Crippen LogP) is 1.83. The summed E-state index contributed by atoms with van der Waals surface area (Å²) in [4.78, 5) is 40.4. The van der Waals surface area contributed by atoms with Gasteiger partial charge in [0.25, 0.3) is 5.91 Å². The van der Waals surface area contributed by atoms with Gasteiger partial charge in [-0.05, 0) is 12.1 Å². The van der Waals surface area contributed by atoms with Crippen molar-refractivity contribution in [3.63, 3.8) is 0 Å². The second-order valence-corrected chi connectivity index (χ2v) is 10.7. The van der Waals surface area contributed by atoms with Crippen molar-refractivity contribution in [3.8, 4) is 11.5 Å². The largest absolute Gasteiger partial charge is 0.504 e. The third-order valence-corrected chi connectivity index (χ3v) is 9.07. The lowest BCUT2D eigenvalue weighted by Gasteiger charge is -2.49. The van der Waals surface area contributed by atoms with Crippen molar-refractivity contribution < 1.29 is 34.2 Å². The summed E-state index contributed by atoms with van der Waals surface area (Å²) in [6, 6.07) is 2.82. The van der Waals surface area contributed by atoms with E-state index in [1.165, 1.54) is 17.0 Å². The molecule has 0 radical (unpaired) electrons. The number of hydrogen-bond donors (Lipinski definition) is 3. The highest BCUT2D eigenvalue weighted by Crippen LogP contribution is 2.42. The van der Waals surface area contributed by atoms with E-state index < -0.39 is 11.7 Å². The number of halogens is 1. The lowest BCUT2D eigenvalue weighted by molar-refractivity contribution is -0.938. The molecule has 0 bridgehead atoms. The zero-order valence-corrected chi connectivity index (χ0v) is 19.4. The number of benzene rings is 1. The highest BCUT2D eigenvalue weighted by molar-refractivity contribution is 8.00. The molecule has 1 aromatic rings. The van der Waals surface area contributed by atoms with E-state index in [9.17, 15) is 29.7 Å². The van der Waals surface area contributed by atoms with Crippen LogP contribution in [0.15, 0.2) is 23.4 Å². The Morgan fingerprint density at radius 2 is 2.03 bits per heavy atom. The molecule has 33 heavy (non-hydrogen) atoms. The van der Waals surface area contributed by atoms with Crippen molar-refractivity contribution in [2.45, 2.75) is 30.7 Å². The third-order valence-electron chi connectivity index (χ3n) is 7.41. The minimum absolute atomic E-state index is 0.0670. The molecular weight excluding hydrogens is 470 g/mol. The smallest absolute Gasteiger partial charge is 0.352 e. The third kappa shape index (κ3) is 3.55. The topological polar surface area (TPSA) is 118 Å². The normalized spacial score (nSPS) is 28.9. The number of rotatable bonds is 4. The van der Waals surface area contributed by atoms with E-state index >= 15 is 0 Å². The van der Waals surface area contributed by atoms with Crippen LogP contribution in [-0.2, 0) is 9.59 Å². The molecule has 3 fully saturated rings. The Labute approximate surface area is 199 Å². The minimum Gasteiger partial charge on any atom is -0.504 e. The van der Waals surface area contributed by atoms with Crippen LogP contribution in [0.3, 0.4) is 0 Å². The van der Waals surface area contributed by atoms with Gasteiger partial charge in [0.15, 0.2) is 11.5 Å². The van der Waals surface area contributed by atoms with Crippen molar-refractivity contribution in [1.82, 2.24) is 9.80 Å². The van der Waals surface area contributed by atoms with Gasteiger partial charge in [-0.1, -0.05) is 11.6 Å². The Kier molecular flexibility index (Phi) is 5.49. The molecule has 4 aliphatic rings. The predicted molar refractivity (Wildman–Crippen MR) is 121 cm³/mol. The fourth-order valence-corrected chi connectivity index (χ4v) is 7.16. The van der Waals surface area contributed by atoms with E-state index in [4.69, 9.17) is 11.6 Å². The van der Waals surface area contributed by atoms with Crippen LogP contribution in [0.1, 0.15) is 29.6 Å². The average Bonchev–Trinajstić information content (AvgIpc) is 3.19. The molecule has 4 heterocycles. The molecule has 5 rings (SSSR count). The van der Waals surface area contributed by atoms with Crippen LogP contribution in [-0.4, -0.2) is 97.3 Å². The number of β-lactam (4-membered cyclic amide) rings is 1. The number of carbonyl (C=O) groups excluding carboxylic acids is 2. The van der Waals surface area contributed by atoms with Gasteiger partial charge in [-0.15, -0.1) is 11.8 Å². The van der Waals surface area contributed by atoms with Crippen LogP contribution < -0.4 is 0 Å².